The zero-order valence-electron chi connectivity index (χ0n) is 14.4. The van der Waals surface area contributed by atoms with Crippen molar-refractivity contribution in [1.82, 2.24) is 5.32 Å². The first-order valence-electron chi connectivity index (χ1n) is 8.51. The first-order valence-corrected chi connectivity index (χ1v) is 8.51. The van der Waals surface area contributed by atoms with Gasteiger partial charge in [0.25, 0.3) is 0 Å². The lowest BCUT2D eigenvalue weighted by atomic mass is 9.87. The predicted molar refractivity (Wildman–Crippen MR) is 93.3 cm³/mol. The lowest BCUT2D eigenvalue weighted by molar-refractivity contribution is 0.378. The van der Waals surface area contributed by atoms with E-state index in [1.54, 1.807) is 0 Å². The van der Waals surface area contributed by atoms with Crippen LogP contribution in [0.5, 0.6) is 0 Å². The van der Waals surface area contributed by atoms with Crippen molar-refractivity contribution >= 4 is 5.69 Å². The Morgan fingerprint density at radius 3 is 2.29 bits per heavy atom. The number of hydrogen-bond donors (Lipinski definition) is 1. The van der Waals surface area contributed by atoms with Crippen molar-refractivity contribution in [1.29, 1.82) is 0 Å². The molecule has 118 valence electrons. The van der Waals surface area contributed by atoms with Crippen LogP contribution < -0.4 is 10.2 Å². The molecule has 2 nitrogen and oxygen atoms in total. The molecule has 1 aliphatic heterocycles. The van der Waals surface area contributed by atoms with Crippen molar-refractivity contribution in [3.05, 3.63) is 29.8 Å². The molecule has 0 saturated carbocycles. The Bertz CT molecular complexity index is 430. The second-order valence-corrected chi connectivity index (χ2v) is 7.53. The molecule has 0 aromatic heterocycles. The summed E-state index contributed by atoms with van der Waals surface area (Å²) in [5.74, 6) is 0. The molecular weight excluding hydrogens is 256 g/mol. The Morgan fingerprint density at radius 2 is 1.71 bits per heavy atom. The van der Waals surface area contributed by atoms with Crippen LogP contribution >= 0.6 is 0 Å². The first-order chi connectivity index (χ1) is 9.90. The second-order valence-electron chi connectivity index (χ2n) is 7.53. The van der Waals surface area contributed by atoms with Crippen LogP contribution in [0.25, 0.3) is 0 Å². The van der Waals surface area contributed by atoms with Crippen LogP contribution in [0.1, 0.15) is 59.4 Å². The molecule has 0 spiro atoms. The predicted octanol–water partition coefficient (Wildman–Crippen LogP) is 4.34. The molecule has 1 aromatic carbocycles. The van der Waals surface area contributed by atoms with Crippen molar-refractivity contribution in [3.63, 3.8) is 0 Å². The smallest absolute Gasteiger partial charge is 0.0366 e. The maximum atomic E-state index is 3.74. The van der Waals surface area contributed by atoms with Gasteiger partial charge in [0, 0.05) is 30.9 Å². The minimum atomic E-state index is 0.237. The summed E-state index contributed by atoms with van der Waals surface area (Å²) >= 11 is 0. The lowest BCUT2D eigenvalue weighted by Crippen LogP contribution is -2.44. The van der Waals surface area contributed by atoms with Crippen LogP contribution in [0.15, 0.2) is 24.3 Å². The first kappa shape index (κ1) is 16.4. The Labute approximate surface area is 130 Å². The van der Waals surface area contributed by atoms with E-state index in [9.17, 15) is 0 Å². The van der Waals surface area contributed by atoms with E-state index >= 15 is 0 Å². The Kier molecular flexibility index (Phi) is 5.32. The Balaban J connectivity index is 2.09. The minimum Gasteiger partial charge on any atom is -0.371 e. The maximum Gasteiger partial charge on any atom is 0.0366 e. The molecule has 2 unspecified atom stereocenters. The van der Waals surface area contributed by atoms with Gasteiger partial charge >= 0.3 is 0 Å². The maximum absolute atomic E-state index is 3.74. The monoisotopic (exact) mass is 288 g/mol. The van der Waals surface area contributed by atoms with Crippen molar-refractivity contribution in [2.24, 2.45) is 0 Å². The van der Waals surface area contributed by atoms with Gasteiger partial charge in [0.1, 0.15) is 0 Å². The molecule has 1 fully saturated rings. The third kappa shape index (κ3) is 4.47. The molecule has 2 rings (SSSR count). The van der Waals surface area contributed by atoms with Gasteiger partial charge < -0.3 is 10.2 Å². The van der Waals surface area contributed by atoms with Crippen LogP contribution in [0, 0.1) is 0 Å². The fourth-order valence-electron chi connectivity index (χ4n) is 3.09. The molecule has 0 radical (unpaired) electrons. The van der Waals surface area contributed by atoms with E-state index in [4.69, 9.17) is 0 Å². The van der Waals surface area contributed by atoms with E-state index in [2.05, 4.69) is 69.1 Å². The highest BCUT2D eigenvalue weighted by Crippen LogP contribution is 2.25. The van der Waals surface area contributed by atoms with Gasteiger partial charge in [-0.15, -0.1) is 0 Å². The number of rotatable bonds is 2. The van der Waals surface area contributed by atoms with Gasteiger partial charge in [-0.05, 0) is 49.3 Å². The van der Waals surface area contributed by atoms with Crippen molar-refractivity contribution in [2.45, 2.75) is 71.4 Å². The summed E-state index contributed by atoms with van der Waals surface area (Å²) in [5.41, 5.74) is 3.03. The largest absolute Gasteiger partial charge is 0.371 e. The highest BCUT2D eigenvalue weighted by atomic mass is 15.1. The van der Waals surface area contributed by atoms with Crippen molar-refractivity contribution in [3.8, 4) is 0 Å². The van der Waals surface area contributed by atoms with E-state index < -0.39 is 0 Å². The van der Waals surface area contributed by atoms with Crippen molar-refractivity contribution < 1.29 is 0 Å². The molecule has 0 aliphatic carbocycles. The Morgan fingerprint density at radius 1 is 1.10 bits per heavy atom. The molecule has 1 heterocycles. The number of benzene rings is 1. The van der Waals surface area contributed by atoms with E-state index in [1.165, 1.54) is 30.5 Å². The van der Waals surface area contributed by atoms with Crippen molar-refractivity contribution in [2.75, 3.05) is 18.0 Å². The third-order valence-electron chi connectivity index (χ3n) is 4.69. The van der Waals surface area contributed by atoms with Crippen LogP contribution in [0.4, 0.5) is 5.69 Å². The standard InChI is InChI=1S/C19H32N2/c1-6-17-12-14-21(13-11-15(2)20-17)18-9-7-16(8-10-18)19(3,4)5/h7-10,15,17,20H,6,11-14H2,1-5H3. The number of hydrogen-bond acceptors (Lipinski definition) is 2. The lowest BCUT2D eigenvalue weighted by Gasteiger charge is -2.33. The zero-order valence-corrected chi connectivity index (χ0v) is 14.4. The fraction of sp³-hybridized carbons (Fsp3) is 0.684. The van der Waals surface area contributed by atoms with Gasteiger partial charge in [-0.25, -0.2) is 0 Å². The number of nitrogens with one attached hydrogen (secondary N) is 1. The average molecular weight is 288 g/mol. The van der Waals surface area contributed by atoms with Crippen LogP contribution in [-0.4, -0.2) is 25.2 Å². The SMILES string of the molecule is CCC1CCN(c2ccc(C(C)(C)C)cc2)CCC(C)N1. The van der Waals surface area contributed by atoms with Gasteiger partial charge in [-0.3, -0.25) is 0 Å². The summed E-state index contributed by atoms with van der Waals surface area (Å²) in [6.45, 7) is 13.7. The Hall–Kier alpha value is -1.02. The summed E-state index contributed by atoms with van der Waals surface area (Å²) in [6, 6.07) is 10.5. The quantitative estimate of drug-likeness (QED) is 0.871. The molecule has 21 heavy (non-hydrogen) atoms. The van der Waals surface area contributed by atoms with E-state index in [0.717, 1.165) is 13.1 Å². The molecule has 0 bridgehead atoms. The molecule has 1 saturated heterocycles. The van der Waals surface area contributed by atoms with E-state index in [0.29, 0.717) is 12.1 Å². The molecule has 1 N–H and O–H groups in total. The van der Waals surface area contributed by atoms with Gasteiger partial charge in [-0.2, -0.15) is 0 Å². The van der Waals surface area contributed by atoms with Gasteiger partial charge in [0.2, 0.25) is 0 Å². The van der Waals surface area contributed by atoms with Gasteiger partial charge in [-0.1, -0.05) is 39.8 Å². The van der Waals surface area contributed by atoms with Gasteiger partial charge in [0.15, 0.2) is 0 Å². The zero-order chi connectivity index (χ0) is 15.5. The molecule has 1 aromatic rings. The topological polar surface area (TPSA) is 15.3 Å². The second kappa shape index (κ2) is 6.83. The summed E-state index contributed by atoms with van der Waals surface area (Å²) in [6.07, 6.45) is 3.68. The van der Waals surface area contributed by atoms with Gasteiger partial charge in [0.05, 0.1) is 0 Å². The van der Waals surface area contributed by atoms with Crippen LogP contribution in [-0.2, 0) is 5.41 Å². The summed E-state index contributed by atoms with van der Waals surface area (Å²) < 4.78 is 0. The molecule has 1 aliphatic rings. The normalized spacial score (nSPS) is 24.5. The number of nitrogens with zero attached hydrogens (tertiary/aromatic N) is 1. The molecule has 2 heteroatoms. The minimum absolute atomic E-state index is 0.237. The van der Waals surface area contributed by atoms with E-state index in [1.807, 2.05) is 0 Å². The summed E-state index contributed by atoms with van der Waals surface area (Å²) in [7, 11) is 0. The molecular formula is C19H32N2. The highest BCUT2D eigenvalue weighted by Gasteiger charge is 2.19. The van der Waals surface area contributed by atoms with Crippen LogP contribution in [0.3, 0.4) is 0 Å². The molecule has 2 atom stereocenters. The highest BCUT2D eigenvalue weighted by molar-refractivity contribution is 5.48. The number of anilines is 1. The summed E-state index contributed by atoms with van der Waals surface area (Å²) in [4.78, 5) is 2.56. The average Bonchev–Trinajstić information content (AvgIpc) is 2.42. The molecule has 0 amide bonds. The fourth-order valence-corrected chi connectivity index (χ4v) is 3.09. The van der Waals surface area contributed by atoms with E-state index in [-0.39, 0.29) is 5.41 Å². The summed E-state index contributed by atoms with van der Waals surface area (Å²) in [5, 5.41) is 3.74. The van der Waals surface area contributed by atoms with Crippen LogP contribution in [0.2, 0.25) is 0 Å². The third-order valence-corrected chi connectivity index (χ3v) is 4.69.